The fourth-order valence-electron chi connectivity index (χ4n) is 4.94. The third-order valence-electron chi connectivity index (χ3n) is 6.81. The molecule has 9 N–H and O–H groups in total. The molecule has 20 heteroatoms. The molecule has 1 aromatic heterocycles. The van der Waals surface area contributed by atoms with Crippen LogP contribution in [0.1, 0.15) is 6.42 Å². The summed E-state index contributed by atoms with van der Waals surface area (Å²) in [7, 11) is -11.0. The molecule has 0 bridgehead atoms. The lowest BCUT2D eigenvalue weighted by molar-refractivity contribution is -0.280. The molecule has 4 rings (SSSR count). The van der Waals surface area contributed by atoms with Crippen molar-refractivity contribution < 1.29 is 67.7 Å². The maximum absolute atomic E-state index is 12.3. The number of aliphatic hydroxyl groups is 6. The van der Waals surface area contributed by atoms with Gasteiger partial charge in [-0.15, -0.1) is 0 Å². The van der Waals surface area contributed by atoms with E-state index in [0.29, 0.717) is 0 Å². The highest BCUT2D eigenvalue weighted by molar-refractivity contribution is 7.61. The first-order valence-electron chi connectivity index (χ1n) is 10.8. The fourth-order valence-corrected chi connectivity index (χ4v) is 7.13. The average Bonchev–Trinajstić information content (AvgIpc) is 3.49. The normalized spacial score (nSPS) is 42.5. The number of rotatable bonds is 9. The molecule has 1 aromatic rings. The Kier molecular flexibility index (Phi) is 7.75. The van der Waals surface area contributed by atoms with Gasteiger partial charge < -0.3 is 45.2 Å². The van der Waals surface area contributed by atoms with Crippen molar-refractivity contribution in [3.05, 3.63) is 33.1 Å². The number of phosphoric ester groups is 2. The topological polar surface area (TPSA) is 288 Å². The van der Waals surface area contributed by atoms with Gasteiger partial charge in [0.1, 0.15) is 30.5 Å². The second-order valence-corrected chi connectivity index (χ2v) is 12.0. The van der Waals surface area contributed by atoms with E-state index in [1.165, 1.54) is 0 Å². The van der Waals surface area contributed by atoms with Crippen molar-refractivity contribution in [3.63, 3.8) is 0 Å². The number of hydrogen-bond acceptors (Lipinski definition) is 14. The number of phosphoric acid groups is 2. The monoisotopic (exact) mass is 576 g/mol. The van der Waals surface area contributed by atoms with Crippen molar-refractivity contribution in [1.82, 2.24) is 9.55 Å². The van der Waals surface area contributed by atoms with E-state index in [0.717, 1.165) is 16.8 Å². The molecule has 0 aromatic carbocycles. The highest BCUT2D eigenvalue weighted by atomic mass is 31.3. The molecule has 2 saturated carbocycles. The third-order valence-corrected chi connectivity index (χ3v) is 9.41. The molecule has 12 atom stereocenters. The van der Waals surface area contributed by atoms with E-state index in [-0.39, 0.29) is 6.42 Å². The van der Waals surface area contributed by atoms with Crippen LogP contribution in [0.25, 0.3) is 0 Å². The van der Waals surface area contributed by atoms with Gasteiger partial charge in [0.25, 0.3) is 5.56 Å². The number of aromatic nitrogens is 2. The summed E-state index contributed by atoms with van der Waals surface area (Å²) in [6.45, 7) is -1.66. The van der Waals surface area contributed by atoms with Gasteiger partial charge in [-0.1, -0.05) is 0 Å². The van der Waals surface area contributed by atoms with Crippen LogP contribution in [0.3, 0.4) is 0 Å². The van der Waals surface area contributed by atoms with Crippen molar-refractivity contribution in [1.29, 1.82) is 0 Å². The molecule has 1 saturated heterocycles. The zero-order valence-electron chi connectivity index (χ0n) is 18.7. The summed E-state index contributed by atoms with van der Waals surface area (Å²) in [5.41, 5.74) is -2.83. The molecule has 2 aliphatic carbocycles. The van der Waals surface area contributed by atoms with E-state index < -0.39 is 100 Å². The average molecular weight is 576 g/mol. The number of H-pyrrole nitrogens is 1. The minimum absolute atomic E-state index is 0.139. The van der Waals surface area contributed by atoms with E-state index in [1.807, 2.05) is 4.98 Å². The second kappa shape index (κ2) is 10.0. The number of nitrogens with one attached hydrogen (secondary N) is 1. The predicted molar refractivity (Wildman–Crippen MR) is 114 cm³/mol. The molecule has 210 valence electrons. The van der Waals surface area contributed by atoms with Crippen molar-refractivity contribution in [2.24, 2.45) is 11.8 Å². The molecule has 3 aliphatic rings. The minimum atomic E-state index is -5.56. The second-order valence-electron chi connectivity index (χ2n) is 9.00. The number of ether oxygens (including phenoxy) is 1. The van der Waals surface area contributed by atoms with Crippen LogP contribution in [-0.2, 0) is 32.8 Å². The highest BCUT2D eigenvalue weighted by Gasteiger charge is 2.72. The Labute approximate surface area is 206 Å². The first kappa shape index (κ1) is 28.7. The molecule has 2 unspecified atom stereocenters. The lowest BCUT2D eigenvalue weighted by atomic mass is 10.00. The largest absolute Gasteiger partial charge is 0.483 e. The van der Waals surface area contributed by atoms with Crippen molar-refractivity contribution in [3.8, 4) is 0 Å². The molecule has 3 fully saturated rings. The molecule has 18 nitrogen and oxygen atoms in total. The van der Waals surface area contributed by atoms with Gasteiger partial charge >= 0.3 is 21.3 Å². The summed E-state index contributed by atoms with van der Waals surface area (Å²) >= 11 is 0. The van der Waals surface area contributed by atoms with E-state index in [2.05, 4.69) is 8.83 Å². The van der Waals surface area contributed by atoms with Crippen molar-refractivity contribution in [2.45, 2.75) is 54.9 Å². The fraction of sp³-hybridized carbons (Fsp3) is 0.765. The van der Waals surface area contributed by atoms with Gasteiger partial charge in [0, 0.05) is 18.2 Å². The zero-order chi connectivity index (χ0) is 27.5. The SMILES string of the molecule is O=c1ccn([C@@]23C[C@H]2[C@H](COP(=O)(O)OP(=O)(O)O[C@H]2O[C@H](CO)[C@@H](O)[C@H](O)[C@H]2O)[C@@H](O)[C@H]3O)c(=O)[nH]1. The van der Waals surface area contributed by atoms with Crippen LogP contribution in [-0.4, -0.2) is 106 Å². The minimum Gasteiger partial charge on any atom is -0.394 e. The maximum atomic E-state index is 12.3. The Morgan fingerprint density at radius 2 is 1.73 bits per heavy atom. The molecular weight excluding hydrogens is 550 g/mol. The first-order valence-corrected chi connectivity index (χ1v) is 13.8. The van der Waals surface area contributed by atoms with E-state index in [9.17, 15) is 54.0 Å². The zero-order valence-corrected chi connectivity index (χ0v) is 20.4. The van der Waals surface area contributed by atoms with E-state index >= 15 is 0 Å². The molecule has 0 radical (unpaired) electrons. The van der Waals surface area contributed by atoms with E-state index in [4.69, 9.17) is 14.4 Å². The number of aromatic amines is 1. The highest BCUT2D eigenvalue weighted by Crippen LogP contribution is 2.65. The Hall–Kier alpha value is -1.34. The van der Waals surface area contributed by atoms with Gasteiger partial charge in [0.05, 0.1) is 24.9 Å². The standard InChI is InChI=1S/C17H26N2O16P2/c20-4-8-11(23)12(24)13(25)15(33-8)34-37(30,31)35-36(28,29)32-5-6-7-3-17(7,14(26)10(6)22)19-2-1-9(21)18-16(19)27/h1-2,6-8,10-15,20,22-26H,3-5H2,(H,28,29)(H,30,31)(H,18,21,27)/t6-,7-,8+,10+,11+,12-,13+,14+,15+,17-/m0/s1. The molecule has 0 amide bonds. The quantitative estimate of drug-likeness (QED) is 0.126. The van der Waals surface area contributed by atoms with Gasteiger partial charge in [-0.25, -0.2) is 13.9 Å². The maximum Gasteiger partial charge on any atom is 0.483 e. The van der Waals surface area contributed by atoms with Gasteiger partial charge in [-0.05, 0) is 12.3 Å². The summed E-state index contributed by atoms with van der Waals surface area (Å²) < 4.78 is 43.9. The molecule has 0 spiro atoms. The van der Waals surface area contributed by atoms with Crippen LogP contribution in [0.15, 0.2) is 21.9 Å². The number of hydrogen-bond donors (Lipinski definition) is 9. The Morgan fingerprint density at radius 3 is 2.35 bits per heavy atom. The van der Waals surface area contributed by atoms with Crippen molar-refractivity contribution in [2.75, 3.05) is 13.2 Å². The Bertz CT molecular complexity index is 1220. The van der Waals surface area contributed by atoms with Crippen molar-refractivity contribution >= 4 is 15.6 Å². The van der Waals surface area contributed by atoms with Crippen LogP contribution in [0, 0.1) is 11.8 Å². The number of fused-ring (bicyclic) bond motifs is 1. The third kappa shape index (κ3) is 5.28. The van der Waals surface area contributed by atoms with Gasteiger partial charge in [-0.2, -0.15) is 4.31 Å². The molecule has 1 aliphatic heterocycles. The lowest BCUT2D eigenvalue weighted by Crippen LogP contribution is -2.58. The van der Waals surface area contributed by atoms with Gasteiger partial charge in [-0.3, -0.25) is 23.4 Å². The van der Waals surface area contributed by atoms with Crippen LogP contribution in [0.2, 0.25) is 0 Å². The predicted octanol–water partition coefficient (Wildman–Crippen LogP) is -4.35. The lowest BCUT2D eigenvalue weighted by Gasteiger charge is -2.39. The first-order chi connectivity index (χ1) is 17.1. The van der Waals surface area contributed by atoms with Crippen LogP contribution < -0.4 is 11.2 Å². The van der Waals surface area contributed by atoms with Gasteiger partial charge in [0.15, 0.2) is 6.29 Å². The Morgan fingerprint density at radius 1 is 1.05 bits per heavy atom. The number of aliphatic hydroxyl groups excluding tert-OH is 6. The van der Waals surface area contributed by atoms with Gasteiger partial charge in [0.2, 0.25) is 0 Å². The molecule has 37 heavy (non-hydrogen) atoms. The smallest absolute Gasteiger partial charge is 0.394 e. The van der Waals surface area contributed by atoms with Crippen LogP contribution >= 0.6 is 15.6 Å². The van der Waals surface area contributed by atoms with E-state index in [1.54, 1.807) is 0 Å². The summed E-state index contributed by atoms with van der Waals surface area (Å²) in [6.07, 6.45) is -11.4. The summed E-state index contributed by atoms with van der Waals surface area (Å²) in [5.74, 6) is -1.69. The Balaban J connectivity index is 1.40. The molecular formula is C17H26N2O16P2. The summed E-state index contributed by atoms with van der Waals surface area (Å²) in [6, 6.07) is 1.04. The van der Waals surface area contributed by atoms with Crippen LogP contribution in [0.4, 0.5) is 0 Å². The van der Waals surface area contributed by atoms with Crippen LogP contribution in [0.5, 0.6) is 0 Å². The molecule has 2 heterocycles. The number of nitrogens with zero attached hydrogens (tertiary/aromatic N) is 1. The summed E-state index contributed by atoms with van der Waals surface area (Å²) in [5, 5.41) is 59.5. The summed E-state index contributed by atoms with van der Waals surface area (Å²) in [4.78, 5) is 45.4.